The molecule has 5 rings (SSSR count). The predicted octanol–water partition coefficient (Wildman–Crippen LogP) is 5.57. The highest BCUT2D eigenvalue weighted by atomic mass is 79.9. The average molecular weight is 554 g/mol. The van der Waals surface area contributed by atoms with E-state index >= 15 is 0 Å². The molecule has 2 aliphatic heterocycles. The normalized spacial score (nSPS) is 22.2. The summed E-state index contributed by atoms with van der Waals surface area (Å²) in [5.41, 5.74) is 3.05. The molecule has 2 aliphatic rings. The Morgan fingerprint density at radius 2 is 1.03 bits per heavy atom. The zero-order chi connectivity index (χ0) is 26.1. The molecule has 1 aromatic heterocycles. The molecule has 5 nitrogen and oxygen atoms in total. The van der Waals surface area contributed by atoms with E-state index in [2.05, 4.69) is 112 Å². The Labute approximate surface area is 224 Å². The fourth-order valence-electron chi connectivity index (χ4n) is 4.99. The maximum Gasteiger partial charge on any atom is 0.494 e. The van der Waals surface area contributed by atoms with E-state index in [-0.39, 0.29) is 36.6 Å². The van der Waals surface area contributed by atoms with Crippen molar-refractivity contribution in [2.45, 2.75) is 97.2 Å². The number of rotatable bonds is 6. The van der Waals surface area contributed by atoms with Crippen molar-refractivity contribution < 1.29 is 18.6 Å². The Morgan fingerprint density at radius 1 is 0.639 bits per heavy atom. The summed E-state index contributed by atoms with van der Waals surface area (Å²) < 4.78 is 27.9. The zero-order valence-electron chi connectivity index (χ0n) is 22.9. The van der Waals surface area contributed by atoms with E-state index < -0.39 is 0 Å². The number of aromatic nitrogens is 1. The molecule has 0 aliphatic carbocycles. The lowest BCUT2D eigenvalue weighted by molar-refractivity contribution is 0.00578. The lowest BCUT2D eigenvalue weighted by Gasteiger charge is -2.32. The lowest BCUT2D eigenvalue weighted by Crippen LogP contribution is -2.41. The van der Waals surface area contributed by atoms with Gasteiger partial charge in [0.2, 0.25) is 0 Å². The Balaban J connectivity index is 1.59. The van der Waals surface area contributed by atoms with E-state index in [0.717, 1.165) is 35.6 Å². The van der Waals surface area contributed by atoms with Gasteiger partial charge in [-0.2, -0.15) is 0 Å². The molecular formula is C28H38B2BrNO4. The van der Waals surface area contributed by atoms with Crippen molar-refractivity contribution in [2.24, 2.45) is 0 Å². The quantitative estimate of drug-likeness (QED) is 0.227. The van der Waals surface area contributed by atoms with Gasteiger partial charge in [0.05, 0.1) is 22.4 Å². The van der Waals surface area contributed by atoms with Crippen LogP contribution in [0, 0.1) is 0 Å². The van der Waals surface area contributed by atoms with Crippen molar-refractivity contribution in [3.63, 3.8) is 0 Å². The molecule has 0 bridgehead atoms. The van der Waals surface area contributed by atoms with Crippen molar-refractivity contribution in [1.29, 1.82) is 0 Å². The highest BCUT2D eigenvalue weighted by molar-refractivity contribution is 9.09. The first-order chi connectivity index (χ1) is 16.8. The highest BCUT2D eigenvalue weighted by Crippen LogP contribution is 2.38. The van der Waals surface area contributed by atoms with Crippen molar-refractivity contribution in [3.8, 4) is 0 Å². The molecule has 0 atom stereocenters. The maximum atomic E-state index is 6.37. The molecule has 8 heteroatoms. The maximum absolute atomic E-state index is 6.37. The van der Waals surface area contributed by atoms with Crippen molar-refractivity contribution in [3.05, 3.63) is 36.4 Å². The summed E-state index contributed by atoms with van der Waals surface area (Å²) in [6.07, 6.45) is 2.21. The molecule has 192 valence electrons. The van der Waals surface area contributed by atoms with E-state index in [4.69, 9.17) is 18.6 Å². The summed E-state index contributed by atoms with van der Waals surface area (Å²) in [7, 11) is -0.762. The number of benzene rings is 2. The van der Waals surface area contributed by atoms with E-state index in [9.17, 15) is 0 Å². The van der Waals surface area contributed by atoms with E-state index in [1.807, 2.05) is 0 Å². The van der Waals surface area contributed by atoms with Crippen LogP contribution in [0.15, 0.2) is 36.4 Å². The minimum absolute atomic E-state index is 0.368. The van der Waals surface area contributed by atoms with Gasteiger partial charge < -0.3 is 23.2 Å². The first-order valence-corrected chi connectivity index (χ1v) is 14.2. The van der Waals surface area contributed by atoms with E-state index in [0.29, 0.717) is 0 Å². The molecule has 3 heterocycles. The van der Waals surface area contributed by atoms with Crippen LogP contribution in [0.4, 0.5) is 0 Å². The molecule has 2 saturated heterocycles. The summed E-state index contributed by atoms with van der Waals surface area (Å²) in [6.45, 7) is 17.7. The number of unbranched alkanes of at least 4 members (excludes halogenated alkanes) is 1. The number of nitrogens with zero attached hydrogens (tertiary/aromatic N) is 1. The van der Waals surface area contributed by atoms with Crippen LogP contribution in [-0.2, 0) is 25.2 Å². The van der Waals surface area contributed by atoms with E-state index in [1.54, 1.807) is 0 Å². The van der Waals surface area contributed by atoms with Crippen LogP contribution in [0.5, 0.6) is 0 Å². The average Bonchev–Trinajstić information content (AvgIpc) is 3.30. The van der Waals surface area contributed by atoms with Gasteiger partial charge in [0.15, 0.2) is 0 Å². The molecule has 0 unspecified atom stereocenters. The predicted molar refractivity (Wildman–Crippen MR) is 154 cm³/mol. The molecule has 0 spiro atoms. The monoisotopic (exact) mass is 553 g/mol. The zero-order valence-corrected chi connectivity index (χ0v) is 24.5. The third-order valence-corrected chi connectivity index (χ3v) is 9.29. The van der Waals surface area contributed by atoms with Crippen LogP contribution in [0.2, 0.25) is 0 Å². The van der Waals surface area contributed by atoms with Crippen LogP contribution in [0.3, 0.4) is 0 Å². The molecule has 0 amide bonds. The Morgan fingerprint density at radius 3 is 1.39 bits per heavy atom. The fraction of sp³-hybridized carbons (Fsp3) is 0.571. The van der Waals surface area contributed by atoms with Crippen LogP contribution in [0.25, 0.3) is 21.8 Å². The van der Waals surface area contributed by atoms with Gasteiger partial charge in [-0.15, -0.1) is 0 Å². The Bertz CT molecular complexity index is 1170. The number of hydrogen-bond donors (Lipinski definition) is 0. The minimum Gasteiger partial charge on any atom is -0.399 e. The van der Waals surface area contributed by atoms with Gasteiger partial charge >= 0.3 is 14.2 Å². The Hall–Kier alpha value is -1.31. The summed E-state index contributed by atoms with van der Waals surface area (Å²) in [4.78, 5) is 0. The van der Waals surface area contributed by atoms with E-state index in [1.165, 1.54) is 21.8 Å². The molecule has 0 saturated carbocycles. The first kappa shape index (κ1) is 26.3. The van der Waals surface area contributed by atoms with Gasteiger partial charge in [-0.25, -0.2) is 0 Å². The standard InChI is InChI=1S/C28H38B2BrNO4/c1-25(2)26(3,4)34-29(33-25)19-11-13-21-22-14-12-20(30-35-27(5,6)28(7,8)36-30)18-24(22)32(23(21)17-19)16-10-9-15-31/h11-14,17-18H,9-10,15-16H2,1-8H3. The van der Waals surface area contributed by atoms with Crippen molar-refractivity contribution >= 4 is 62.9 Å². The summed E-state index contributed by atoms with van der Waals surface area (Å²) >= 11 is 3.59. The second-order valence-electron chi connectivity index (χ2n) is 12.3. The van der Waals surface area contributed by atoms with Crippen LogP contribution >= 0.6 is 15.9 Å². The molecule has 36 heavy (non-hydrogen) atoms. The third-order valence-electron chi connectivity index (χ3n) is 8.73. The second kappa shape index (κ2) is 8.88. The summed E-state index contributed by atoms with van der Waals surface area (Å²) in [5, 5.41) is 3.48. The molecule has 2 fully saturated rings. The number of halogens is 1. The van der Waals surface area contributed by atoms with Crippen LogP contribution in [-0.4, -0.2) is 46.5 Å². The third kappa shape index (κ3) is 4.27. The van der Waals surface area contributed by atoms with Crippen LogP contribution in [0.1, 0.15) is 68.2 Å². The van der Waals surface area contributed by atoms with Crippen molar-refractivity contribution in [1.82, 2.24) is 4.57 Å². The van der Waals surface area contributed by atoms with Gasteiger partial charge in [-0.1, -0.05) is 40.2 Å². The highest BCUT2D eigenvalue weighted by Gasteiger charge is 2.52. The first-order valence-electron chi connectivity index (χ1n) is 13.1. The van der Waals surface area contributed by atoms with Gasteiger partial charge in [0.1, 0.15) is 0 Å². The second-order valence-corrected chi connectivity index (χ2v) is 13.1. The summed E-state index contributed by atoms with van der Waals surface area (Å²) in [6, 6.07) is 13.2. The van der Waals surface area contributed by atoms with Crippen molar-refractivity contribution in [2.75, 3.05) is 5.33 Å². The minimum atomic E-state index is -0.381. The topological polar surface area (TPSA) is 41.9 Å². The van der Waals surface area contributed by atoms with Gasteiger partial charge in [-0.05, 0) is 91.3 Å². The number of alkyl halides is 1. The number of fused-ring (bicyclic) bond motifs is 3. The van der Waals surface area contributed by atoms with Crippen LogP contribution < -0.4 is 10.9 Å². The fourth-order valence-corrected chi connectivity index (χ4v) is 5.38. The molecule has 0 radical (unpaired) electrons. The number of hydrogen-bond acceptors (Lipinski definition) is 4. The molecule has 3 aromatic rings. The SMILES string of the molecule is CC1(C)OB(c2ccc3c4ccc(B5OC(C)(C)C(C)(C)O5)cc4n(CCCCBr)c3c2)OC1(C)C. The van der Waals surface area contributed by atoms with Gasteiger partial charge in [0, 0.05) is 33.7 Å². The number of aryl methyl sites for hydroxylation is 1. The van der Waals surface area contributed by atoms with Gasteiger partial charge in [-0.3, -0.25) is 0 Å². The summed E-state index contributed by atoms with van der Waals surface area (Å²) in [5.74, 6) is 0. The Kier molecular flexibility index (Phi) is 6.48. The van der Waals surface area contributed by atoms with Gasteiger partial charge in [0.25, 0.3) is 0 Å². The molecular weight excluding hydrogens is 516 g/mol. The molecule has 0 N–H and O–H groups in total. The molecule has 2 aromatic carbocycles. The largest absolute Gasteiger partial charge is 0.494 e. The lowest BCUT2D eigenvalue weighted by atomic mass is 9.78. The smallest absolute Gasteiger partial charge is 0.399 e.